The summed E-state index contributed by atoms with van der Waals surface area (Å²) in [7, 11) is -2.27. The Morgan fingerprint density at radius 2 is 1.96 bits per heavy atom. The Labute approximate surface area is 161 Å². The summed E-state index contributed by atoms with van der Waals surface area (Å²) in [5.41, 5.74) is 0. The number of hydrogen-bond donors (Lipinski definition) is 0. The number of ether oxygens (including phenoxy) is 2. The van der Waals surface area contributed by atoms with Crippen molar-refractivity contribution in [2.75, 3.05) is 33.3 Å². The highest BCUT2D eigenvalue weighted by Gasteiger charge is 2.43. The van der Waals surface area contributed by atoms with Gasteiger partial charge in [0.1, 0.15) is 16.7 Å². The Kier molecular flexibility index (Phi) is 6.08. The third kappa shape index (κ3) is 4.28. The fourth-order valence-corrected chi connectivity index (χ4v) is 5.77. The predicted molar refractivity (Wildman–Crippen MR) is 101 cm³/mol. The van der Waals surface area contributed by atoms with Crippen LogP contribution in [-0.2, 0) is 19.6 Å². The summed E-state index contributed by atoms with van der Waals surface area (Å²) in [5.74, 6) is 0.329. The highest BCUT2D eigenvalue weighted by molar-refractivity contribution is 7.89. The summed E-state index contributed by atoms with van der Waals surface area (Å²) < 4.78 is 39.4. The van der Waals surface area contributed by atoms with Gasteiger partial charge in [-0.25, -0.2) is 8.42 Å². The van der Waals surface area contributed by atoms with Gasteiger partial charge in [0.25, 0.3) is 0 Å². The lowest BCUT2D eigenvalue weighted by Gasteiger charge is -2.32. The zero-order valence-corrected chi connectivity index (χ0v) is 16.9. The minimum atomic E-state index is -3.65. The van der Waals surface area contributed by atoms with Crippen molar-refractivity contribution in [3.8, 4) is 5.75 Å². The molecule has 2 heterocycles. The predicted octanol–water partition coefficient (Wildman–Crippen LogP) is 1.73. The number of likely N-dealkylation sites (tertiary alicyclic amines) is 1. The van der Waals surface area contributed by atoms with Crippen LogP contribution in [0.2, 0.25) is 0 Å². The van der Waals surface area contributed by atoms with Gasteiger partial charge in [-0.1, -0.05) is 26.0 Å². The van der Waals surface area contributed by atoms with E-state index in [4.69, 9.17) is 9.47 Å². The van der Waals surface area contributed by atoms with Gasteiger partial charge in [0, 0.05) is 19.6 Å². The number of sulfonamides is 1. The monoisotopic (exact) mass is 396 g/mol. The maximum atomic E-state index is 13.4. The van der Waals surface area contributed by atoms with Gasteiger partial charge in [0.05, 0.1) is 19.7 Å². The van der Waals surface area contributed by atoms with Crippen LogP contribution in [0.5, 0.6) is 5.75 Å². The van der Waals surface area contributed by atoms with Crippen LogP contribution in [0, 0.1) is 5.92 Å². The third-order valence-corrected chi connectivity index (χ3v) is 7.04. The number of methoxy groups -OCH3 is 1. The van der Waals surface area contributed by atoms with E-state index in [1.165, 1.54) is 7.11 Å². The molecule has 27 heavy (non-hydrogen) atoms. The first-order valence-corrected chi connectivity index (χ1v) is 10.8. The van der Waals surface area contributed by atoms with Crippen molar-refractivity contribution in [3.05, 3.63) is 24.3 Å². The Balaban J connectivity index is 1.94. The highest BCUT2D eigenvalue weighted by Crippen LogP contribution is 2.36. The first-order valence-electron chi connectivity index (χ1n) is 9.39. The zero-order valence-electron chi connectivity index (χ0n) is 16.1. The van der Waals surface area contributed by atoms with Crippen molar-refractivity contribution in [1.82, 2.24) is 9.21 Å². The summed E-state index contributed by atoms with van der Waals surface area (Å²) in [5, 5.41) is 0. The molecule has 0 bridgehead atoms. The third-order valence-electron chi connectivity index (χ3n) is 5.11. The van der Waals surface area contributed by atoms with Crippen molar-refractivity contribution in [2.24, 2.45) is 5.92 Å². The number of para-hydroxylation sites is 1. The summed E-state index contributed by atoms with van der Waals surface area (Å²) in [6.45, 7) is 5.97. The number of rotatable bonds is 4. The highest BCUT2D eigenvalue weighted by atomic mass is 32.2. The van der Waals surface area contributed by atoms with Gasteiger partial charge in [0.15, 0.2) is 0 Å². The zero-order chi connectivity index (χ0) is 19.6. The summed E-state index contributed by atoms with van der Waals surface area (Å²) in [4.78, 5) is 13.9. The number of benzene rings is 1. The van der Waals surface area contributed by atoms with Gasteiger partial charge in [-0.2, -0.15) is 4.31 Å². The average Bonchev–Trinajstić information content (AvgIpc) is 2.86. The van der Waals surface area contributed by atoms with Crippen LogP contribution in [0.3, 0.4) is 0 Å². The molecule has 0 unspecified atom stereocenters. The number of hydrogen-bond acceptors (Lipinski definition) is 6. The number of fused-ring (bicyclic) bond motifs is 2. The molecule has 2 aliphatic heterocycles. The van der Waals surface area contributed by atoms with E-state index in [2.05, 4.69) is 0 Å². The number of carbonyl (C=O) groups excluding carboxylic acids is 1. The molecule has 0 spiro atoms. The molecule has 1 fully saturated rings. The molecule has 1 saturated heterocycles. The van der Waals surface area contributed by atoms with Gasteiger partial charge >= 0.3 is 5.97 Å². The molecule has 0 N–H and O–H groups in total. The van der Waals surface area contributed by atoms with Crippen molar-refractivity contribution in [3.63, 3.8) is 0 Å². The second-order valence-corrected chi connectivity index (χ2v) is 9.43. The van der Waals surface area contributed by atoms with E-state index in [0.717, 1.165) is 0 Å². The van der Waals surface area contributed by atoms with Gasteiger partial charge < -0.3 is 9.47 Å². The molecule has 3 rings (SSSR count). The molecule has 1 aromatic rings. The first kappa shape index (κ1) is 20.1. The molecular weight excluding hydrogens is 368 g/mol. The molecule has 0 saturated carbocycles. The van der Waals surface area contributed by atoms with Gasteiger partial charge in [-0.05, 0) is 30.9 Å². The molecule has 0 aromatic heterocycles. The fraction of sp³-hybridized carbons (Fsp3) is 0.632. The van der Waals surface area contributed by atoms with E-state index in [0.29, 0.717) is 38.2 Å². The van der Waals surface area contributed by atoms with Gasteiger partial charge in [0.2, 0.25) is 10.0 Å². The average molecular weight is 397 g/mol. The number of nitrogens with zero attached hydrogens (tertiary/aromatic N) is 2. The molecule has 2 aliphatic rings. The molecule has 7 nitrogen and oxygen atoms in total. The molecule has 1 aromatic carbocycles. The van der Waals surface area contributed by atoms with Crippen LogP contribution < -0.4 is 4.74 Å². The normalized spacial score (nSPS) is 25.6. The van der Waals surface area contributed by atoms with Crippen LogP contribution >= 0.6 is 0 Å². The molecular formula is C19H28N2O5S. The molecule has 0 amide bonds. The van der Waals surface area contributed by atoms with E-state index < -0.39 is 10.0 Å². The number of carbonyl (C=O) groups is 1. The SMILES string of the molecule is COC(=O)CN1CC[C@@H]2[C@@H](CC1)Oc1ccccc1S(=O)(=O)N2CC(C)C. The summed E-state index contributed by atoms with van der Waals surface area (Å²) in [6.07, 6.45) is 1.02. The van der Waals surface area contributed by atoms with Gasteiger partial charge in [-0.15, -0.1) is 0 Å². The Hall–Kier alpha value is -1.64. The van der Waals surface area contributed by atoms with Crippen molar-refractivity contribution >= 4 is 16.0 Å². The lowest BCUT2D eigenvalue weighted by Crippen LogP contribution is -2.48. The standard InChI is InChI=1S/C19H28N2O5S/c1-14(2)12-21-15-8-10-20(13-19(22)25-3)11-9-16(15)26-17-6-4-5-7-18(17)27(21,23)24/h4-7,14-16H,8-13H2,1-3H3/t15-,16-/m1/s1. The van der Waals surface area contributed by atoms with E-state index in [-0.39, 0.29) is 35.5 Å². The van der Waals surface area contributed by atoms with Crippen molar-refractivity contribution < 1.29 is 22.7 Å². The largest absolute Gasteiger partial charge is 0.487 e. The minimum Gasteiger partial charge on any atom is -0.487 e. The Bertz CT molecular complexity index is 780. The van der Waals surface area contributed by atoms with Gasteiger partial charge in [-0.3, -0.25) is 9.69 Å². The van der Waals surface area contributed by atoms with Crippen molar-refractivity contribution in [1.29, 1.82) is 0 Å². The first-order chi connectivity index (χ1) is 12.8. The summed E-state index contributed by atoms with van der Waals surface area (Å²) in [6, 6.07) is 6.61. The second-order valence-electron chi connectivity index (χ2n) is 7.57. The lowest BCUT2D eigenvalue weighted by atomic mass is 10.0. The number of esters is 1. The van der Waals surface area contributed by atoms with E-state index >= 15 is 0 Å². The molecule has 8 heteroatoms. The van der Waals surface area contributed by atoms with Crippen LogP contribution in [-0.4, -0.2) is 69.0 Å². The van der Waals surface area contributed by atoms with E-state index in [1.54, 1.807) is 28.6 Å². The topological polar surface area (TPSA) is 76.1 Å². The maximum absolute atomic E-state index is 13.4. The minimum absolute atomic E-state index is 0.195. The van der Waals surface area contributed by atoms with Crippen LogP contribution in [0.4, 0.5) is 0 Å². The van der Waals surface area contributed by atoms with Crippen LogP contribution in [0.25, 0.3) is 0 Å². The van der Waals surface area contributed by atoms with Crippen molar-refractivity contribution in [2.45, 2.75) is 43.7 Å². The quantitative estimate of drug-likeness (QED) is 0.722. The summed E-state index contributed by atoms with van der Waals surface area (Å²) >= 11 is 0. The maximum Gasteiger partial charge on any atom is 0.319 e. The van der Waals surface area contributed by atoms with E-state index in [1.807, 2.05) is 18.7 Å². The molecule has 0 aliphatic carbocycles. The Morgan fingerprint density at radius 3 is 2.67 bits per heavy atom. The van der Waals surface area contributed by atoms with Crippen LogP contribution in [0.1, 0.15) is 26.7 Å². The lowest BCUT2D eigenvalue weighted by molar-refractivity contribution is -0.141. The van der Waals surface area contributed by atoms with E-state index in [9.17, 15) is 13.2 Å². The van der Waals surface area contributed by atoms with Crippen LogP contribution in [0.15, 0.2) is 29.2 Å². The molecule has 2 atom stereocenters. The second kappa shape index (κ2) is 8.16. The smallest absolute Gasteiger partial charge is 0.319 e. The molecule has 0 radical (unpaired) electrons. The Morgan fingerprint density at radius 1 is 1.26 bits per heavy atom. The molecule has 150 valence electrons. The fourth-order valence-electron chi connectivity index (χ4n) is 3.81.